The molecule has 1 aliphatic heterocycles. The van der Waals surface area contributed by atoms with Crippen molar-refractivity contribution in [1.29, 1.82) is 0 Å². The fraction of sp³-hybridized carbons (Fsp3) is 0.758. The lowest BCUT2D eigenvalue weighted by Crippen LogP contribution is -2.60. The first kappa shape index (κ1) is 29.4. The molecule has 7 nitrogen and oxygen atoms in total. The number of hydrogen-bond donors (Lipinski definition) is 5. The Balaban J connectivity index is 1.15. The third-order valence-corrected chi connectivity index (χ3v) is 12.1. The number of aromatic hydroxyl groups is 1. The van der Waals surface area contributed by atoms with Crippen LogP contribution >= 0.6 is 0 Å². The van der Waals surface area contributed by atoms with Crippen molar-refractivity contribution in [3.63, 3.8) is 0 Å². The number of aliphatic carboxylic acids is 1. The van der Waals surface area contributed by atoms with E-state index in [-0.39, 0.29) is 29.6 Å². The van der Waals surface area contributed by atoms with E-state index in [9.17, 15) is 24.9 Å². The Morgan fingerprint density at radius 2 is 1.80 bits per heavy atom. The highest BCUT2D eigenvalue weighted by Gasteiger charge is 2.62. The Morgan fingerprint density at radius 1 is 1.07 bits per heavy atom. The van der Waals surface area contributed by atoms with Gasteiger partial charge in [0.05, 0.1) is 6.10 Å². The van der Waals surface area contributed by atoms with E-state index in [4.69, 9.17) is 0 Å². The van der Waals surface area contributed by atoms with Gasteiger partial charge < -0.3 is 26.0 Å². The summed E-state index contributed by atoms with van der Waals surface area (Å²) in [6, 6.07) is 5.43. The Labute approximate surface area is 239 Å². The second kappa shape index (κ2) is 11.6. The number of benzene rings is 1. The van der Waals surface area contributed by atoms with Crippen LogP contribution in [-0.2, 0) is 16.0 Å². The number of carboxylic acids is 1. The summed E-state index contributed by atoms with van der Waals surface area (Å²) in [5, 5.41) is 36.8. The molecule has 4 fully saturated rings. The van der Waals surface area contributed by atoms with Gasteiger partial charge in [-0.2, -0.15) is 0 Å². The van der Waals surface area contributed by atoms with Crippen molar-refractivity contribution >= 4 is 11.9 Å². The summed E-state index contributed by atoms with van der Waals surface area (Å²) in [4.78, 5) is 24.5. The molecule has 10 atom stereocenters. The van der Waals surface area contributed by atoms with Gasteiger partial charge in [-0.05, 0) is 128 Å². The Bertz CT molecular complexity index is 1060. The molecule has 1 heterocycles. The molecule has 5 N–H and O–H groups in total. The molecular weight excluding hydrogens is 504 g/mol. The second-order valence-corrected chi connectivity index (χ2v) is 14.2. The van der Waals surface area contributed by atoms with Crippen molar-refractivity contribution in [2.75, 3.05) is 13.1 Å². The summed E-state index contributed by atoms with van der Waals surface area (Å²) in [6.07, 6.45) is 9.09. The lowest BCUT2D eigenvalue weighted by atomic mass is 9.45. The predicted molar refractivity (Wildman–Crippen MR) is 155 cm³/mol. The summed E-state index contributed by atoms with van der Waals surface area (Å²) >= 11 is 0. The number of phenols is 1. The molecule has 0 bridgehead atoms. The molecule has 5 rings (SSSR count). The smallest absolute Gasteiger partial charge is 0.326 e. The largest absolute Gasteiger partial charge is 0.508 e. The Hall–Kier alpha value is -2.12. The molecule has 0 spiro atoms. The van der Waals surface area contributed by atoms with Gasteiger partial charge in [0.15, 0.2) is 0 Å². The third-order valence-electron chi connectivity index (χ3n) is 12.1. The lowest BCUT2D eigenvalue weighted by molar-refractivity contribution is -0.161. The van der Waals surface area contributed by atoms with Gasteiger partial charge in [-0.1, -0.05) is 32.9 Å². The number of nitrogens with one attached hydrogen (secondary N) is 2. The molecule has 1 amide bonds. The minimum absolute atomic E-state index is 0.129. The number of piperidine rings is 1. The van der Waals surface area contributed by atoms with Gasteiger partial charge in [0.25, 0.3) is 0 Å². The minimum Gasteiger partial charge on any atom is -0.508 e. The summed E-state index contributed by atoms with van der Waals surface area (Å²) < 4.78 is 0. The highest BCUT2D eigenvalue weighted by atomic mass is 16.4. The van der Waals surface area contributed by atoms with Crippen molar-refractivity contribution < 1.29 is 24.9 Å². The fourth-order valence-corrected chi connectivity index (χ4v) is 9.96. The Morgan fingerprint density at radius 3 is 2.52 bits per heavy atom. The molecule has 3 aliphatic carbocycles. The zero-order valence-electron chi connectivity index (χ0n) is 24.6. The number of phenolic OH excluding ortho intramolecular Hbond substituents is 1. The van der Waals surface area contributed by atoms with Gasteiger partial charge in [-0.3, -0.25) is 4.79 Å². The van der Waals surface area contributed by atoms with E-state index in [1.807, 2.05) is 0 Å². The van der Waals surface area contributed by atoms with Crippen molar-refractivity contribution in [2.45, 2.75) is 97.1 Å². The van der Waals surface area contributed by atoms with E-state index in [2.05, 4.69) is 31.4 Å². The first-order valence-electron chi connectivity index (χ1n) is 15.7. The van der Waals surface area contributed by atoms with Gasteiger partial charge in [0, 0.05) is 12.8 Å². The van der Waals surface area contributed by atoms with Crippen LogP contribution in [0.5, 0.6) is 5.75 Å². The molecule has 40 heavy (non-hydrogen) atoms. The van der Waals surface area contributed by atoms with Gasteiger partial charge in [-0.15, -0.1) is 0 Å². The zero-order chi connectivity index (χ0) is 28.7. The van der Waals surface area contributed by atoms with E-state index < -0.39 is 12.0 Å². The monoisotopic (exact) mass is 554 g/mol. The number of hydrogen-bond acceptors (Lipinski definition) is 5. The summed E-state index contributed by atoms with van der Waals surface area (Å²) in [5.41, 5.74) is 1.35. The van der Waals surface area contributed by atoms with Crippen LogP contribution in [0.25, 0.3) is 0 Å². The molecule has 0 unspecified atom stereocenters. The number of amides is 1. The molecular formula is C33H50N2O5. The predicted octanol–water partition coefficient (Wildman–Crippen LogP) is 4.75. The SMILES string of the molecule is C[C@H](CCCC(=O)N[C@@H](Cc1ccc(O)cc1)C(=O)O)[C@H]1CC[C@H]2[C@@H]3[C@@H](O)C[C@@H]4CNCC[C@]4(C)[C@H]3CC[C@]12C. The normalized spacial score (nSPS) is 38.4. The van der Waals surface area contributed by atoms with E-state index in [1.54, 1.807) is 12.1 Å². The van der Waals surface area contributed by atoms with Crippen LogP contribution in [0, 0.1) is 46.3 Å². The van der Waals surface area contributed by atoms with Gasteiger partial charge in [-0.25, -0.2) is 4.79 Å². The van der Waals surface area contributed by atoms with Crippen molar-refractivity contribution in [2.24, 2.45) is 46.3 Å². The number of carboxylic acid groups (broad SMARTS) is 1. The standard InChI is InChI=1S/C33H50N2O5/c1-20(5-4-6-29(38)35-27(31(39)40)17-21-7-9-23(36)10-8-21)24-11-12-25-30-26(13-14-33(24,25)3)32(2)15-16-34-19-22(32)18-28(30)37/h7-10,20,22,24-28,30,34,36-37H,4-6,11-19H2,1-3H3,(H,35,38)(H,39,40)/t20-,22-,24-,25+,26+,27+,28+,30+,32+,33-/m1/s1. The average Bonchev–Trinajstić information content (AvgIpc) is 3.27. The van der Waals surface area contributed by atoms with Gasteiger partial charge in [0.2, 0.25) is 5.91 Å². The van der Waals surface area contributed by atoms with Crippen LogP contribution in [0.3, 0.4) is 0 Å². The molecule has 0 radical (unpaired) electrons. The average molecular weight is 555 g/mol. The van der Waals surface area contributed by atoms with Crippen LogP contribution < -0.4 is 10.6 Å². The van der Waals surface area contributed by atoms with Crippen molar-refractivity contribution in [3.8, 4) is 5.75 Å². The number of rotatable bonds is 9. The van der Waals surface area contributed by atoms with Gasteiger partial charge in [0.1, 0.15) is 11.8 Å². The van der Waals surface area contributed by atoms with Crippen LogP contribution in [-0.4, -0.2) is 52.4 Å². The van der Waals surface area contributed by atoms with Crippen LogP contribution in [0.4, 0.5) is 0 Å². The van der Waals surface area contributed by atoms with Crippen LogP contribution in [0.2, 0.25) is 0 Å². The maximum Gasteiger partial charge on any atom is 0.326 e. The molecule has 4 aliphatic rings. The molecule has 1 saturated heterocycles. The van der Waals surface area contributed by atoms with E-state index in [0.717, 1.165) is 37.9 Å². The number of carbonyl (C=O) groups excluding carboxylic acids is 1. The minimum atomic E-state index is -1.05. The van der Waals surface area contributed by atoms with Crippen molar-refractivity contribution in [1.82, 2.24) is 10.6 Å². The van der Waals surface area contributed by atoms with Crippen molar-refractivity contribution in [3.05, 3.63) is 29.8 Å². The zero-order valence-corrected chi connectivity index (χ0v) is 24.6. The topological polar surface area (TPSA) is 119 Å². The number of aliphatic hydroxyl groups is 1. The lowest BCUT2D eigenvalue weighted by Gasteiger charge is -2.62. The quantitative estimate of drug-likeness (QED) is 0.301. The van der Waals surface area contributed by atoms with Crippen LogP contribution in [0.15, 0.2) is 24.3 Å². The molecule has 7 heteroatoms. The first-order valence-corrected chi connectivity index (χ1v) is 15.7. The molecule has 0 aromatic heterocycles. The third kappa shape index (κ3) is 5.53. The summed E-state index contributed by atoms with van der Waals surface area (Å²) in [5.74, 6) is 2.18. The number of carbonyl (C=O) groups is 2. The molecule has 1 aromatic rings. The van der Waals surface area contributed by atoms with E-state index >= 15 is 0 Å². The molecule has 222 valence electrons. The van der Waals surface area contributed by atoms with E-state index in [1.165, 1.54) is 44.2 Å². The first-order chi connectivity index (χ1) is 19.0. The number of fused-ring (bicyclic) bond motifs is 5. The highest BCUT2D eigenvalue weighted by Crippen LogP contribution is 2.67. The summed E-state index contributed by atoms with van der Waals surface area (Å²) in [6.45, 7) is 9.51. The summed E-state index contributed by atoms with van der Waals surface area (Å²) in [7, 11) is 0. The second-order valence-electron chi connectivity index (χ2n) is 14.2. The highest BCUT2D eigenvalue weighted by molar-refractivity contribution is 5.83. The maximum absolute atomic E-state index is 12.7. The van der Waals surface area contributed by atoms with E-state index in [0.29, 0.717) is 47.3 Å². The van der Waals surface area contributed by atoms with Crippen LogP contribution in [0.1, 0.15) is 84.1 Å². The van der Waals surface area contributed by atoms with Gasteiger partial charge >= 0.3 is 5.97 Å². The Kier molecular flexibility index (Phi) is 8.54. The molecule has 1 aromatic carbocycles. The number of aliphatic hydroxyl groups excluding tert-OH is 1. The maximum atomic E-state index is 12.7. The molecule has 3 saturated carbocycles. The fourth-order valence-electron chi connectivity index (χ4n) is 9.96.